The highest BCUT2D eigenvalue weighted by Crippen LogP contribution is 2.36. The molecule has 0 aliphatic carbocycles. The van der Waals surface area contributed by atoms with Crippen LogP contribution in [0.25, 0.3) is 41.0 Å². The molecule has 6 aromatic carbocycles. The largest absolute Gasteiger partial charge is 0.238 e. The summed E-state index contributed by atoms with van der Waals surface area (Å²) >= 11 is 1.84. The smallest absolute Gasteiger partial charge is 0.187 e. The molecule has 2 nitrogen and oxygen atoms in total. The lowest BCUT2D eigenvalue weighted by Gasteiger charge is -2.34. The number of nitrogens with zero attached hydrogens (tertiary/aromatic N) is 2. The molecule has 7 aromatic rings. The Labute approximate surface area is 250 Å². The minimum absolute atomic E-state index is 0.630. The Balaban J connectivity index is 1.42. The Morgan fingerprint density at radius 3 is 1.50 bits per heavy atom. The number of hydrogen-bond donors (Lipinski definition) is 0. The summed E-state index contributed by atoms with van der Waals surface area (Å²) in [6, 6.07) is 51.4. The second-order valence-corrected chi connectivity index (χ2v) is 15.2. The number of hydrogen-bond acceptors (Lipinski definition) is 1. The molecule has 0 spiro atoms. The van der Waals surface area contributed by atoms with Gasteiger partial charge in [-0.15, -0.1) is 11.3 Å². The van der Waals surface area contributed by atoms with Gasteiger partial charge in [0, 0.05) is 20.2 Å². The minimum atomic E-state index is -2.76. The van der Waals surface area contributed by atoms with Crippen molar-refractivity contribution in [1.29, 1.82) is 0 Å². The predicted octanol–water partition coefficient (Wildman–Crippen LogP) is 8.20. The van der Waals surface area contributed by atoms with E-state index in [0.717, 1.165) is 0 Å². The van der Waals surface area contributed by atoms with Gasteiger partial charge in [0.1, 0.15) is 0 Å². The van der Waals surface area contributed by atoms with Gasteiger partial charge in [0.15, 0.2) is 19.4 Å². The van der Waals surface area contributed by atoms with Gasteiger partial charge in [-0.05, 0) is 44.0 Å². The maximum atomic E-state index is 7.50. The monoisotopic (exact) mass is 568 g/mol. The van der Waals surface area contributed by atoms with Crippen LogP contribution in [0.15, 0.2) is 146 Å². The van der Waals surface area contributed by atoms with Crippen molar-refractivity contribution in [2.45, 2.75) is 0 Å². The first kappa shape index (κ1) is 25.7. The first-order valence-electron chi connectivity index (χ1n) is 13.7. The Hall–Kier alpha value is -5.26. The van der Waals surface area contributed by atoms with E-state index in [9.17, 15) is 0 Å². The van der Waals surface area contributed by atoms with Gasteiger partial charge in [-0.1, -0.05) is 133 Å². The lowest BCUT2D eigenvalue weighted by atomic mass is 10.0. The number of thiophene rings is 1. The molecule has 0 aliphatic rings. The molecule has 1 heterocycles. The van der Waals surface area contributed by atoms with Gasteiger partial charge >= 0.3 is 0 Å². The molecular formula is C38H24N2SSi. The Morgan fingerprint density at radius 1 is 0.429 bits per heavy atom. The third-order valence-electron chi connectivity index (χ3n) is 8.10. The van der Waals surface area contributed by atoms with Gasteiger partial charge in [0.2, 0.25) is 0 Å². The van der Waals surface area contributed by atoms with E-state index in [1.807, 2.05) is 35.6 Å². The van der Waals surface area contributed by atoms with Crippen LogP contribution in [0.5, 0.6) is 0 Å². The minimum Gasteiger partial charge on any atom is -0.238 e. The normalized spacial score (nSPS) is 11.3. The van der Waals surface area contributed by atoms with Crippen molar-refractivity contribution in [2.24, 2.45) is 0 Å². The molecular weight excluding hydrogens is 545 g/mol. The Morgan fingerprint density at radius 2 is 0.905 bits per heavy atom. The van der Waals surface area contributed by atoms with Crippen LogP contribution in [0, 0.1) is 13.1 Å². The van der Waals surface area contributed by atoms with E-state index < -0.39 is 8.07 Å². The third kappa shape index (κ3) is 4.22. The molecule has 4 heteroatoms. The predicted molar refractivity (Wildman–Crippen MR) is 181 cm³/mol. The summed E-state index contributed by atoms with van der Waals surface area (Å²) in [6.07, 6.45) is 0. The molecule has 0 saturated heterocycles. The molecule has 0 amide bonds. The van der Waals surface area contributed by atoms with Crippen LogP contribution in [0.1, 0.15) is 0 Å². The van der Waals surface area contributed by atoms with Crippen LogP contribution in [0.3, 0.4) is 0 Å². The highest BCUT2D eigenvalue weighted by Gasteiger charge is 2.41. The summed E-state index contributed by atoms with van der Waals surface area (Å²) in [7, 11) is -2.76. The van der Waals surface area contributed by atoms with Crippen LogP contribution in [0.2, 0.25) is 0 Å². The van der Waals surface area contributed by atoms with Crippen LogP contribution in [-0.2, 0) is 0 Å². The topological polar surface area (TPSA) is 8.72 Å². The van der Waals surface area contributed by atoms with Crippen molar-refractivity contribution >= 4 is 71.7 Å². The fourth-order valence-electron chi connectivity index (χ4n) is 6.08. The van der Waals surface area contributed by atoms with E-state index >= 15 is 0 Å². The van der Waals surface area contributed by atoms with Gasteiger partial charge in [-0.25, -0.2) is 9.69 Å². The van der Waals surface area contributed by atoms with Crippen molar-refractivity contribution in [3.8, 4) is 11.1 Å². The Bertz CT molecular complexity index is 2070. The third-order valence-corrected chi connectivity index (χ3v) is 14.0. The molecule has 196 valence electrons. The Kier molecular flexibility index (Phi) is 6.49. The average molecular weight is 569 g/mol. The van der Waals surface area contributed by atoms with Crippen molar-refractivity contribution in [2.75, 3.05) is 0 Å². The molecule has 0 aliphatic heterocycles. The van der Waals surface area contributed by atoms with Crippen molar-refractivity contribution in [3.63, 3.8) is 0 Å². The van der Waals surface area contributed by atoms with E-state index in [1.165, 1.54) is 52.0 Å². The van der Waals surface area contributed by atoms with Gasteiger partial charge in [-0.3, -0.25) is 0 Å². The molecule has 0 atom stereocenters. The summed E-state index contributed by atoms with van der Waals surface area (Å²) < 4.78 is 2.61. The van der Waals surface area contributed by atoms with Gasteiger partial charge in [-0.2, -0.15) is 0 Å². The highest BCUT2D eigenvalue weighted by molar-refractivity contribution is 7.25. The standard InChI is InChI=1S/C38H24N2SSi/c1-39-29-15-21-33(22-16-29)42(31-8-4-3-5-9-31,34-23-17-30(40-2)18-24-34)32-19-12-27(13-20-32)28-14-25-36-35-10-6-7-11-37(35)41-38(36)26-28/h3-26H. The molecule has 0 unspecified atom stereocenters. The summed E-state index contributed by atoms with van der Waals surface area (Å²) in [5.74, 6) is 0. The van der Waals surface area contributed by atoms with Gasteiger partial charge in [0.25, 0.3) is 0 Å². The molecule has 0 radical (unpaired) electrons. The summed E-state index contributed by atoms with van der Waals surface area (Å²) in [5, 5.41) is 7.54. The van der Waals surface area contributed by atoms with Gasteiger partial charge in [0.05, 0.1) is 13.1 Å². The van der Waals surface area contributed by atoms with Crippen LogP contribution >= 0.6 is 11.3 Å². The number of rotatable bonds is 5. The van der Waals surface area contributed by atoms with Crippen LogP contribution < -0.4 is 20.7 Å². The molecule has 1 aromatic heterocycles. The van der Waals surface area contributed by atoms with Crippen molar-refractivity contribution in [3.05, 3.63) is 168 Å². The highest BCUT2D eigenvalue weighted by atomic mass is 32.1. The fourth-order valence-corrected chi connectivity index (χ4v) is 11.9. The van der Waals surface area contributed by atoms with E-state index in [1.54, 1.807) is 0 Å². The second kappa shape index (κ2) is 10.6. The molecule has 0 saturated carbocycles. The summed E-state index contributed by atoms with van der Waals surface area (Å²) in [4.78, 5) is 7.30. The van der Waals surface area contributed by atoms with Crippen molar-refractivity contribution in [1.82, 2.24) is 0 Å². The SMILES string of the molecule is [C-]#[N+]c1ccc([Si](c2ccccc2)(c2ccc([N+]#[C-])cc2)c2ccc(-c3ccc4c(c3)sc3ccccc34)cc2)cc1. The summed E-state index contributed by atoms with van der Waals surface area (Å²) in [5.41, 5.74) is 3.64. The quantitative estimate of drug-likeness (QED) is 0.112. The van der Waals surface area contributed by atoms with Crippen molar-refractivity contribution < 1.29 is 0 Å². The molecule has 7 rings (SSSR count). The molecule has 42 heavy (non-hydrogen) atoms. The lowest BCUT2D eigenvalue weighted by Crippen LogP contribution is -2.74. The zero-order valence-electron chi connectivity index (χ0n) is 22.7. The van der Waals surface area contributed by atoms with Gasteiger partial charge < -0.3 is 0 Å². The molecule has 0 N–H and O–H groups in total. The number of benzene rings is 6. The maximum absolute atomic E-state index is 7.50. The van der Waals surface area contributed by atoms with E-state index in [0.29, 0.717) is 11.4 Å². The van der Waals surface area contributed by atoms with E-state index in [4.69, 9.17) is 13.1 Å². The fraction of sp³-hybridized carbons (Fsp3) is 0. The average Bonchev–Trinajstić information content (AvgIpc) is 3.44. The first-order valence-corrected chi connectivity index (χ1v) is 16.6. The maximum Gasteiger partial charge on any atom is 0.187 e. The van der Waals surface area contributed by atoms with Crippen LogP contribution in [0.4, 0.5) is 11.4 Å². The lowest BCUT2D eigenvalue weighted by molar-refractivity contribution is 1.65. The zero-order chi connectivity index (χ0) is 28.5. The number of fused-ring (bicyclic) bond motifs is 3. The van der Waals surface area contributed by atoms with E-state index in [-0.39, 0.29) is 0 Å². The van der Waals surface area contributed by atoms with E-state index in [2.05, 4.69) is 131 Å². The summed E-state index contributed by atoms with van der Waals surface area (Å²) in [6.45, 7) is 15.0. The molecule has 0 fully saturated rings. The first-order chi connectivity index (χ1) is 20.7. The second-order valence-electron chi connectivity index (χ2n) is 10.3. The van der Waals surface area contributed by atoms with Crippen LogP contribution in [-0.4, -0.2) is 8.07 Å². The molecule has 0 bridgehead atoms. The zero-order valence-corrected chi connectivity index (χ0v) is 24.5.